The second-order valence-electron chi connectivity index (χ2n) is 8.95. The van der Waals surface area contributed by atoms with Crippen molar-refractivity contribution < 1.29 is 9.21 Å². The SMILES string of the molecule is CC(C)Cn1nc(C(=O)N(Cc2nnc(-c3ccc(Cl)cc3)o2)C2CC2)c2ccccc2c1=O. The third-order valence-corrected chi connectivity index (χ3v) is 5.97. The number of benzene rings is 2. The van der Waals surface area contributed by atoms with Crippen LogP contribution in [0.5, 0.6) is 0 Å². The van der Waals surface area contributed by atoms with Crippen molar-refractivity contribution in [2.45, 2.75) is 45.8 Å². The zero-order chi connectivity index (χ0) is 23.8. The highest BCUT2D eigenvalue weighted by atomic mass is 35.5. The van der Waals surface area contributed by atoms with E-state index in [0.717, 1.165) is 18.4 Å². The maximum Gasteiger partial charge on any atom is 0.275 e. The molecule has 34 heavy (non-hydrogen) atoms. The summed E-state index contributed by atoms with van der Waals surface area (Å²) in [6, 6.07) is 14.3. The Morgan fingerprint density at radius 2 is 1.82 bits per heavy atom. The summed E-state index contributed by atoms with van der Waals surface area (Å²) >= 11 is 5.96. The Hall–Kier alpha value is -3.52. The maximum absolute atomic E-state index is 13.8. The van der Waals surface area contributed by atoms with Gasteiger partial charge in [0.15, 0.2) is 5.69 Å². The number of fused-ring (bicyclic) bond motifs is 1. The van der Waals surface area contributed by atoms with Crippen LogP contribution in [0.4, 0.5) is 0 Å². The van der Waals surface area contributed by atoms with E-state index in [1.54, 1.807) is 47.4 Å². The first kappa shape index (κ1) is 22.3. The summed E-state index contributed by atoms with van der Waals surface area (Å²) in [5.74, 6) is 0.662. The van der Waals surface area contributed by atoms with Gasteiger partial charge in [-0.1, -0.05) is 43.6 Å². The standard InChI is InChI=1S/C25H24ClN5O3/c1-15(2)13-31-24(32)20-6-4-3-5-19(20)22(29-31)25(33)30(18-11-12-18)14-21-27-28-23(34-21)16-7-9-17(26)10-8-16/h3-10,15,18H,11-14H2,1-2H3. The van der Waals surface area contributed by atoms with E-state index in [4.69, 9.17) is 16.0 Å². The zero-order valence-corrected chi connectivity index (χ0v) is 19.7. The van der Waals surface area contributed by atoms with Crippen LogP contribution in [0, 0.1) is 5.92 Å². The Morgan fingerprint density at radius 1 is 1.12 bits per heavy atom. The lowest BCUT2D eigenvalue weighted by molar-refractivity contribution is 0.0707. The molecule has 8 nitrogen and oxygen atoms in total. The van der Waals surface area contributed by atoms with Gasteiger partial charge in [-0.3, -0.25) is 9.59 Å². The van der Waals surface area contributed by atoms with E-state index in [2.05, 4.69) is 15.3 Å². The molecule has 5 rings (SSSR count). The average molecular weight is 478 g/mol. The van der Waals surface area contributed by atoms with Gasteiger partial charge in [-0.25, -0.2) is 4.68 Å². The number of hydrogen-bond donors (Lipinski definition) is 0. The third kappa shape index (κ3) is 4.46. The van der Waals surface area contributed by atoms with Crippen molar-refractivity contribution in [1.82, 2.24) is 24.9 Å². The molecule has 1 aliphatic rings. The Labute approximate surface area is 201 Å². The number of carbonyl (C=O) groups excluding carboxylic acids is 1. The summed E-state index contributed by atoms with van der Waals surface area (Å²) in [6.07, 6.45) is 1.79. The molecule has 0 atom stereocenters. The van der Waals surface area contributed by atoms with Crippen LogP contribution in [0.1, 0.15) is 43.1 Å². The Bertz CT molecular complexity index is 1410. The molecule has 0 radical (unpaired) electrons. The number of hydrogen-bond acceptors (Lipinski definition) is 6. The van der Waals surface area contributed by atoms with E-state index in [9.17, 15) is 9.59 Å². The van der Waals surface area contributed by atoms with Crippen molar-refractivity contribution in [1.29, 1.82) is 0 Å². The smallest absolute Gasteiger partial charge is 0.275 e. The van der Waals surface area contributed by atoms with Gasteiger partial charge in [0.2, 0.25) is 11.8 Å². The summed E-state index contributed by atoms with van der Waals surface area (Å²) in [5, 5.41) is 14.4. The van der Waals surface area contributed by atoms with Crippen molar-refractivity contribution in [3.05, 3.63) is 75.5 Å². The number of carbonyl (C=O) groups is 1. The molecule has 1 saturated carbocycles. The van der Waals surface area contributed by atoms with Gasteiger partial charge in [-0.15, -0.1) is 10.2 Å². The third-order valence-electron chi connectivity index (χ3n) is 5.72. The molecule has 9 heteroatoms. The van der Waals surface area contributed by atoms with Crippen LogP contribution in [0.2, 0.25) is 5.02 Å². The zero-order valence-electron chi connectivity index (χ0n) is 18.9. The molecule has 0 spiro atoms. The van der Waals surface area contributed by atoms with Gasteiger partial charge in [-0.05, 0) is 49.1 Å². The molecule has 1 amide bonds. The van der Waals surface area contributed by atoms with Crippen LogP contribution in [-0.4, -0.2) is 36.8 Å². The van der Waals surface area contributed by atoms with Gasteiger partial charge in [0, 0.05) is 28.6 Å². The number of amides is 1. The summed E-state index contributed by atoms with van der Waals surface area (Å²) in [7, 11) is 0. The number of halogens is 1. The fourth-order valence-electron chi connectivity index (χ4n) is 3.92. The summed E-state index contributed by atoms with van der Waals surface area (Å²) in [5.41, 5.74) is 0.824. The van der Waals surface area contributed by atoms with Gasteiger partial charge in [0.25, 0.3) is 11.5 Å². The predicted molar refractivity (Wildman–Crippen MR) is 128 cm³/mol. The molecule has 0 bridgehead atoms. The maximum atomic E-state index is 13.8. The molecule has 2 aromatic carbocycles. The first-order chi connectivity index (χ1) is 16.4. The highest BCUT2D eigenvalue weighted by molar-refractivity contribution is 6.30. The van der Waals surface area contributed by atoms with E-state index in [1.807, 2.05) is 19.9 Å². The molecular formula is C25H24ClN5O3. The highest BCUT2D eigenvalue weighted by Crippen LogP contribution is 2.31. The van der Waals surface area contributed by atoms with E-state index < -0.39 is 0 Å². The molecule has 0 N–H and O–H groups in total. The first-order valence-electron chi connectivity index (χ1n) is 11.3. The van der Waals surface area contributed by atoms with Crippen LogP contribution in [0.25, 0.3) is 22.2 Å². The minimum Gasteiger partial charge on any atom is -0.419 e. The van der Waals surface area contributed by atoms with Crippen LogP contribution in [0.3, 0.4) is 0 Å². The lowest BCUT2D eigenvalue weighted by atomic mass is 10.1. The molecule has 0 unspecified atom stereocenters. The lowest BCUT2D eigenvalue weighted by Crippen LogP contribution is -2.36. The quantitative estimate of drug-likeness (QED) is 0.387. The summed E-state index contributed by atoms with van der Waals surface area (Å²) in [4.78, 5) is 28.4. The Balaban J connectivity index is 1.49. The molecule has 0 aliphatic heterocycles. The Kier molecular flexibility index (Phi) is 5.91. The van der Waals surface area contributed by atoms with Crippen LogP contribution >= 0.6 is 11.6 Å². The van der Waals surface area contributed by atoms with Crippen LogP contribution in [0.15, 0.2) is 57.7 Å². The molecule has 1 aliphatic carbocycles. The average Bonchev–Trinajstić information content (AvgIpc) is 3.56. The van der Waals surface area contributed by atoms with E-state index in [1.165, 1.54) is 4.68 Å². The van der Waals surface area contributed by atoms with Crippen molar-refractivity contribution in [3.63, 3.8) is 0 Å². The second-order valence-corrected chi connectivity index (χ2v) is 9.38. The fourth-order valence-corrected chi connectivity index (χ4v) is 4.05. The van der Waals surface area contributed by atoms with E-state index >= 15 is 0 Å². The molecule has 0 saturated heterocycles. The molecule has 4 aromatic rings. The summed E-state index contributed by atoms with van der Waals surface area (Å²) in [6.45, 7) is 4.62. The fraction of sp³-hybridized carbons (Fsp3) is 0.320. The second kappa shape index (κ2) is 9.02. The topological polar surface area (TPSA) is 94.1 Å². The van der Waals surface area contributed by atoms with Crippen molar-refractivity contribution in [3.8, 4) is 11.5 Å². The molecule has 174 valence electrons. The van der Waals surface area contributed by atoms with Crippen LogP contribution < -0.4 is 5.56 Å². The molecule has 2 heterocycles. The van der Waals surface area contributed by atoms with Crippen molar-refractivity contribution in [2.75, 3.05) is 0 Å². The molecular weight excluding hydrogens is 454 g/mol. The van der Waals surface area contributed by atoms with Gasteiger partial charge >= 0.3 is 0 Å². The number of rotatable bonds is 7. The Morgan fingerprint density at radius 3 is 2.50 bits per heavy atom. The monoisotopic (exact) mass is 477 g/mol. The van der Waals surface area contributed by atoms with Gasteiger partial charge in [0.05, 0.1) is 11.9 Å². The highest BCUT2D eigenvalue weighted by Gasteiger charge is 2.36. The first-order valence-corrected chi connectivity index (χ1v) is 11.7. The minimum atomic E-state index is -0.248. The van der Waals surface area contributed by atoms with Gasteiger partial charge < -0.3 is 9.32 Å². The molecule has 2 aromatic heterocycles. The summed E-state index contributed by atoms with van der Waals surface area (Å²) < 4.78 is 7.25. The van der Waals surface area contributed by atoms with Gasteiger partial charge in [0.1, 0.15) is 0 Å². The number of nitrogens with zero attached hydrogens (tertiary/aromatic N) is 5. The van der Waals surface area contributed by atoms with E-state index in [0.29, 0.717) is 34.1 Å². The van der Waals surface area contributed by atoms with Gasteiger partial charge in [-0.2, -0.15) is 5.10 Å². The largest absolute Gasteiger partial charge is 0.419 e. The van der Waals surface area contributed by atoms with Crippen molar-refractivity contribution in [2.24, 2.45) is 5.92 Å². The number of aromatic nitrogens is 4. The van der Waals surface area contributed by atoms with Crippen molar-refractivity contribution >= 4 is 28.3 Å². The predicted octanol–water partition coefficient (Wildman–Crippen LogP) is 4.56. The normalized spacial score (nSPS) is 13.5. The van der Waals surface area contributed by atoms with Crippen LogP contribution in [-0.2, 0) is 13.1 Å². The van der Waals surface area contributed by atoms with E-state index in [-0.39, 0.29) is 35.7 Å². The minimum absolute atomic E-state index is 0.0735. The molecule has 1 fully saturated rings. The lowest BCUT2D eigenvalue weighted by Gasteiger charge is -2.21.